The maximum Gasteiger partial charge on any atom is 0.417 e. The van der Waals surface area contributed by atoms with Crippen LogP contribution >= 0.6 is 23.5 Å². The van der Waals surface area contributed by atoms with E-state index in [4.69, 9.17) is 27.5 Å². The number of aryl methyl sites for hydroxylation is 1. The summed E-state index contributed by atoms with van der Waals surface area (Å²) in [6.45, 7) is 2.22. The topological polar surface area (TPSA) is 72.5 Å². The summed E-state index contributed by atoms with van der Waals surface area (Å²) >= 11 is 6.66. The fourth-order valence-electron chi connectivity index (χ4n) is 2.85. The third-order valence-corrected chi connectivity index (χ3v) is 5.66. The van der Waals surface area contributed by atoms with E-state index in [-0.39, 0.29) is 30.0 Å². The molecule has 3 rings (SSSR count). The number of nitrogens with zero attached hydrogens (tertiary/aromatic N) is 1. The zero-order valence-electron chi connectivity index (χ0n) is 19.4. The molecule has 6 nitrogen and oxygen atoms in total. The smallest absolute Gasteiger partial charge is 0.417 e. The predicted molar refractivity (Wildman–Crippen MR) is 139 cm³/mol. The number of hydrogen-bond acceptors (Lipinski definition) is 6. The minimum atomic E-state index is -4.56. The van der Waals surface area contributed by atoms with Crippen LogP contribution in [-0.4, -0.2) is 24.1 Å². The number of anilines is 2. The van der Waals surface area contributed by atoms with E-state index in [2.05, 4.69) is 20.9 Å². The average Bonchev–Trinajstić information content (AvgIpc) is 2.85. The van der Waals surface area contributed by atoms with Gasteiger partial charge in [-0.2, -0.15) is 13.2 Å². The summed E-state index contributed by atoms with van der Waals surface area (Å²) in [7, 11) is 0. The van der Waals surface area contributed by atoms with Gasteiger partial charge in [-0.3, -0.25) is 4.79 Å². The lowest BCUT2D eigenvalue weighted by molar-refractivity contribution is -0.137. The van der Waals surface area contributed by atoms with Gasteiger partial charge in [-0.1, -0.05) is 23.6 Å². The van der Waals surface area contributed by atoms with Crippen LogP contribution < -0.4 is 14.8 Å². The van der Waals surface area contributed by atoms with Crippen LogP contribution in [0, 0.1) is 19.3 Å². The molecule has 0 bridgehead atoms. The highest BCUT2D eigenvalue weighted by Crippen LogP contribution is 2.38. The molecule has 1 heterocycles. The summed E-state index contributed by atoms with van der Waals surface area (Å²) in [5.74, 6) is 2.65. The van der Waals surface area contributed by atoms with Crippen molar-refractivity contribution < 1.29 is 27.4 Å². The second-order valence-electron chi connectivity index (χ2n) is 7.45. The van der Waals surface area contributed by atoms with Crippen molar-refractivity contribution in [1.29, 1.82) is 0 Å². The molecule has 0 spiro atoms. The number of carbonyl (C=O) groups excluding carboxylic acids is 1. The number of terminal acetylenes is 1. The van der Waals surface area contributed by atoms with E-state index in [1.54, 1.807) is 42.6 Å². The SMILES string of the molecule is C#CCOC/C=C/C(=O)Nc1ccc(Oc2ncc(C)cc2NSc2ccc(Cl)c(C(F)(F)F)c2)cc1. The molecule has 2 N–H and O–H groups in total. The molecule has 11 heteroatoms. The molecule has 0 radical (unpaired) electrons. The normalized spacial score (nSPS) is 11.2. The number of halogens is 4. The van der Waals surface area contributed by atoms with Crippen molar-refractivity contribution in [3.63, 3.8) is 0 Å². The molecule has 0 aliphatic carbocycles. The van der Waals surface area contributed by atoms with E-state index in [1.807, 2.05) is 6.92 Å². The molecule has 2 aromatic carbocycles. The first-order chi connectivity index (χ1) is 17.7. The number of nitrogens with one attached hydrogen (secondary N) is 2. The predicted octanol–water partition coefficient (Wildman–Crippen LogP) is 7.12. The lowest BCUT2D eigenvalue weighted by Crippen LogP contribution is -2.08. The number of aromatic nitrogens is 1. The first-order valence-corrected chi connectivity index (χ1v) is 11.9. The molecule has 0 aliphatic rings. The van der Waals surface area contributed by atoms with Gasteiger partial charge in [0.15, 0.2) is 0 Å². The number of pyridine rings is 1. The van der Waals surface area contributed by atoms with Gasteiger partial charge in [0, 0.05) is 22.9 Å². The first kappa shape index (κ1) is 27.9. The van der Waals surface area contributed by atoms with Crippen LogP contribution in [0.4, 0.5) is 24.5 Å². The Morgan fingerprint density at radius 1 is 1.22 bits per heavy atom. The number of benzene rings is 2. The van der Waals surface area contributed by atoms with Gasteiger partial charge in [0.2, 0.25) is 11.8 Å². The van der Waals surface area contributed by atoms with Crippen LogP contribution in [0.3, 0.4) is 0 Å². The quantitative estimate of drug-likeness (QED) is 0.122. The highest BCUT2D eigenvalue weighted by Gasteiger charge is 2.33. The van der Waals surface area contributed by atoms with Gasteiger partial charge in [0.25, 0.3) is 0 Å². The number of alkyl halides is 3. The van der Waals surface area contributed by atoms with Gasteiger partial charge in [0.1, 0.15) is 18.0 Å². The van der Waals surface area contributed by atoms with Gasteiger partial charge in [-0.25, -0.2) is 4.98 Å². The summed E-state index contributed by atoms with van der Waals surface area (Å²) in [5.41, 5.74) is 0.904. The minimum Gasteiger partial charge on any atom is -0.437 e. The number of carbonyl (C=O) groups is 1. The Labute approximate surface area is 221 Å². The van der Waals surface area contributed by atoms with Gasteiger partial charge in [0.05, 0.1) is 17.2 Å². The molecule has 0 saturated heterocycles. The fraction of sp³-hybridized carbons (Fsp3) is 0.154. The zero-order chi connectivity index (χ0) is 26.8. The van der Waals surface area contributed by atoms with Crippen molar-refractivity contribution in [3.05, 3.63) is 83.0 Å². The van der Waals surface area contributed by atoms with Gasteiger partial charge in [-0.15, -0.1) is 6.42 Å². The molecule has 0 atom stereocenters. The van der Waals surface area contributed by atoms with Crippen molar-refractivity contribution in [2.24, 2.45) is 0 Å². The molecule has 1 amide bonds. The van der Waals surface area contributed by atoms with E-state index >= 15 is 0 Å². The summed E-state index contributed by atoms with van der Waals surface area (Å²) in [6, 6.07) is 12.0. The minimum absolute atomic E-state index is 0.166. The van der Waals surface area contributed by atoms with Gasteiger partial charge in [-0.05, 0) is 73.0 Å². The molecular weight excluding hydrogens is 527 g/mol. The zero-order valence-corrected chi connectivity index (χ0v) is 21.0. The molecule has 3 aromatic rings. The lowest BCUT2D eigenvalue weighted by Gasteiger charge is -2.14. The first-order valence-electron chi connectivity index (χ1n) is 10.7. The molecular formula is C26H21ClF3N3O3S. The molecule has 0 saturated carbocycles. The van der Waals surface area contributed by atoms with E-state index in [0.29, 0.717) is 22.0 Å². The van der Waals surface area contributed by atoms with Gasteiger partial charge >= 0.3 is 6.18 Å². The van der Waals surface area contributed by atoms with Crippen molar-refractivity contribution >= 4 is 40.8 Å². The van der Waals surface area contributed by atoms with Crippen molar-refractivity contribution in [3.8, 4) is 24.0 Å². The monoisotopic (exact) mass is 547 g/mol. The standard InChI is InChI=1S/C26H21ClF3N3O3S/c1-3-12-35-13-4-5-24(34)32-18-6-8-19(9-7-18)36-25-23(14-17(2)16-31-25)33-37-20-10-11-22(27)21(15-20)26(28,29)30/h1,4-11,14-16,33H,12-13H2,2H3,(H,32,34)/b5-4+. The maximum absolute atomic E-state index is 13.2. The number of hydrogen-bond donors (Lipinski definition) is 2. The Bertz CT molecular complexity index is 1310. The summed E-state index contributed by atoms with van der Waals surface area (Å²) in [4.78, 5) is 16.6. The van der Waals surface area contributed by atoms with E-state index < -0.39 is 11.7 Å². The number of rotatable bonds is 10. The molecule has 0 unspecified atom stereocenters. The molecule has 0 fully saturated rings. The largest absolute Gasteiger partial charge is 0.437 e. The third kappa shape index (κ3) is 8.75. The van der Waals surface area contributed by atoms with E-state index in [0.717, 1.165) is 23.6 Å². The average molecular weight is 548 g/mol. The van der Waals surface area contributed by atoms with Crippen molar-refractivity contribution in [2.75, 3.05) is 23.3 Å². The van der Waals surface area contributed by atoms with E-state index in [9.17, 15) is 18.0 Å². The molecule has 0 aliphatic heterocycles. The fourth-order valence-corrected chi connectivity index (χ4v) is 3.76. The highest BCUT2D eigenvalue weighted by atomic mass is 35.5. The van der Waals surface area contributed by atoms with Crippen LogP contribution in [0.15, 0.2) is 71.8 Å². The number of amides is 1. The van der Waals surface area contributed by atoms with Crippen LogP contribution in [0.25, 0.3) is 0 Å². The Hall–Kier alpha value is -3.65. The van der Waals surface area contributed by atoms with Crippen LogP contribution in [0.5, 0.6) is 11.6 Å². The Morgan fingerprint density at radius 3 is 2.68 bits per heavy atom. The summed E-state index contributed by atoms with van der Waals surface area (Å²) in [6.07, 6.45) is 5.00. The third-order valence-electron chi connectivity index (χ3n) is 4.51. The van der Waals surface area contributed by atoms with Gasteiger partial charge < -0.3 is 19.5 Å². The van der Waals surface area contributed by atoms with Crippen LogP contribution in [0.1, 0.15) is 11.1 Å². The second-order valence-corrected chi connectivity index (χ2v) is 8.73. The molecule has 192 valence electrons. The van der Waals surface area contributed by atoms with Crippen molar-refractivity contribution in [1.82, 2.24) is 4.98 Å². The summed E-state index contributed by atoms with van der Waals surface area (Å²) in [5, 5.41) is 2.33. The Balaban J connectivity index is 1.65. The second kappa shape index (κ2) is 13.1. The van der Waals surface area contributed by atoms with Crippen LogP contribution in [-0.2, 0) is 15.7 Å². The maximum atomic E-state index is 13.2. The molecule has 37 heavy (non-hydrogen) atoms. The lowest BCUT2D eigenvalue weighted by atomic mass is 10.2. The number of ether oxygens (including phenoxy) is 2. The molecule has 1 aromatic heterocycles. The highest BCUT2D eigenvalue weighted by molar-refractivity contribution is 8.00. The van der Waals surface area contributed by atoms with Crippen LogP contribution in [0.2, 0.25) is 5.02 Å². The Morgan fingerprint density at radius 2 is 1.97 bits per heavy atom. The summed E-state index contributed by atoms with van der Waals surface area (Å²) < 4.78 is 53.4. The Kier molecular flexibility index (Phi) is 9.85. The van der Waals surface area contributed by atoms with Crippen molar-refractivity contribution in [2.45, 2.75) is 18.0 Å². The van der Waals surface area contributed by atoms with E-state index in [1.165, 1.54) is 18.2 Å².